The summed E-state index contributed by atoms with van der Waals surface area (Å²) in [7, 11) is 0. The smallest absolute Gasteiger partial charge is 0.134 e. The van der Waals surface area contributed by atoms with Crippen molar-refractivity contribution in [1.29, 1.82) is 0 Å². The number of ether oxygens (including phenoxy) is 1. The van der Waals surface area contributed by atoms with Crippen molar-refractivity contribution in [2.24, 2.45) is 5.41 Å². The van der Waals surface area contributed by atoms with Crippen LogP contribution in [-0.4, -0.2) is 12.4 Å². The van der Waals surface area contributed by atoms with Crippen LogP contribution in [0.5, 0.6) is 5.75 Å². The Morgan fingerprint density at radius 3 is 2.67 bits per heavy atom. The van der Waals surface area contributed by atoms with Crippen LogP contribution < -0.4 is 4.74 Å². The standard InChI is InChI=1S/C12H13BrO2/c1-12(6-9(14)7-12)8-15-11-5-3-2-4-10(11)13/h2-5H,6-8H2,1H3. The Kier molecular flexibility index (Phi) is 2.83. The van der Waals surface area contributed by atoms with Crippen molar-refractivity contribution in [2.75, 3.05) is 6.61 Å². The summed E-state index contributed by atoms with van der Waals surface area (Å²) in [6.45, 7) is 2.70. The van der Waals surface area contributed by atoms with Gasteiger partial charge in [-0.2, -0.15) is 0 Å². The molecular formula is C12H13BrO2. The molecule has 0 N–H and O–H groups in total. The van der Waals surface area contributed by atoms with E-state index in [1.54, 1.807) is 0 Å². The van der Waals surface area contributed by atoms with Gasteiger partial charge in [0.05, 0.1) is 11.1 Å². The molecule has 15 heavy (non-hydrogen) atoms. The minimum atomic E-state index is 0.0480. The highest BCUT2D eigenvalue weighted by Crippen LogP contribution is 2.38. The molecule has 1 aromatic carbocycles. The number of hydrogen-bond acceptors (Lipinski definition) is 2. The summed E-state index contributed by atoms with van der Waals surface area (Å²) >= 11 is 3.42. The fraction of sp³-hybridized carbons (Fsp3) is 0.417. The second-order valence-corrected chi connectivity index (χ2v) is 5.28. The van der Waals surface area contributed by atoms with Crippen molar-refractivity contribution in [2.45, 2.75) is 19.8 Å². The summed E-state index contributed by atoms with van der Waals surface area (Å²) in [5, 5.41) is 0. The summed E-state index contributed by atoms with van der Waals surface area (Å²) in [4.78, 5) is 10.9. The average Bonchev–Trinajstić information content (AvgIpc) is 2.15. The van der Waals surface area contributed by atoms with E-state index in [1.165, 1.54) is 0 Å². The van der Waals surface area contributed by atoms with Crippen LogP contribution >= 0.6 is 15.9 Å². The van der Waals surface area contributed by atoms with Crippen LogP contribution in [0.4, 0.5) is 0 Å². The van der Waals surface area contributed by atoms with E-state index in [0.29, 0.717) is 25.2 Å². The van der Waals surface area contributed by atoms with Gasteiger partial charge in [-0.1, -0.05) is 19.1 Å². The lowest BCUT2D eigenvalue weighted by Gasteiger charge is -2.36. The van der Waals surface area contributed by atoms with Crippen LogP contribution in [0, 0.1) is 5.41 Å². The van der Waals surface area contributed by atoms with Crippen LogP contribution in [0.1, 0.15) is 19.8 Å². The number of halogens is 1. The van der Waals surface area contributed by atoms with Gasteiger partial charge in [0, 0.05) is 18.3 Å². The summed E-state index contributed by atoms with van der Waals surface area (Å²) in [6, 6.07) is 7.76. The van der Waals surface area contributed by atoms with Gasteiger partial charge >= 0.3 is 0 Å². The third-order valence-electron chi connectivity index (χ3n) is 2.66. The molecule has 0 unspecified atom stereocenters. The molecule has 1 saturated carbocycles. The van der Waals surface area contributed by atoms with Crippen LogP contribution in [0.25, 0.3) is 0 Å². The molecule has 3 heteroatoms. The van der Waals surface area contributed by atoms with Gasteiger partial charge < -0.3 is 4.74 Å². The minimum absolute atomic E-state index is 0.0480. The lowest BCUT2D eigenvalue weighted by molar-refractivity contribution is -0.133. The number of para-hydroxylation sites is 1. The molecule has 1 aromatic rings. The molecule has 0 spiro atoms. The highest BCUT2D eigenvalue weighted by molar-refractivity contribution is 9.10. The zero-order valence-corrected chi connectivity index (χ0v) is 10.2. The van der Waals surface area contributed by atoms with Crippen LogP contribution in [-0.2, 0) is 4.79 Å². The largest absolute Gasteiger partial charge is 0.492 e. The molecular weight excluding hydrogens is 256 g/mol. The van der Waals surface area contributed by atoms with Crippen molar-refractivity contribution >= 4 is 21.7 Å². The van der Waals surface area contributed by atoms with Gasteiger partial charge in [-0.15, -0.1) is 0 Å². The molecule has 0 aromatic heterocycles. The number of benzene rings is 1. The zero-order valence-electron chi connectivity index (χ0n) is 8.63. The molecule has 0 heterocycles. The Bertz CT molecular complexity index is 379. The quantitative estimate of drug-likeness (QED) is 0.842. The van der Waals surface area contributed by atoms with Gasteiger partial charge in [-0.05, 0) is 28.1 Å². The van der Waals surface area contributed by atoms with Gasteiger partial charge in [0.2, 0.25) is 0 Å². The van der Waals surface area contributed by atoms with E-state index >= 15 is 0 Å². The molecule has 0 bridgehead atoms. The second-order valence-electron chi connectivity index (χ2n) is 4.42. The Morgan fingerprint density at radius 2 is 2.07 bits per heavy atom. The molecule has 0 saturated heterocycles. The molecule has 2 nitrogen and oxygen atoms in total. The maximum absolute atomic E-state index is 10.9. The molecule has 0 aliphatic heterocycles. The third kappa shape index (κ3) is 2.40. The van der Waals surface area contributed by atoms with Crippen LogP contribution in [0.2, 0.25) is 0 Å². The lowest BCUT2D eigenvalue weighted by Crippen LogP contribution is -2.39. The maximum atomic E-state index is 10.9. The highest BCUT2D eigenvalue weighted by atomic mass is 79.9. The van der Waals surface area contributed by atoms with Gasteiger partial charge in [-0.25, -0.2) is 0 Å². The number of Topliss-reactive ketones (excluding diaryl/α,β-unsaturated/α-hetero) is 1. The molecule has 0 radical (unpaired) electrons. The normalized spacial score (nSPS) is 18.4. The predicted octanol–water partition coefficient (Wildman–Crippen LogP) is 3.20. The van der Waals surface area contributed by atoms with Crippen molar-refractivity contribution in [3.63, 3.8) is 0 Å². The van der Waals surface area contributed by atoms with E-state index in [1.807, 2.05) is 24.3 Å². The Labute approximate surface area is 97.8 Å². The summed E-state index contributed by atoms with van der Waals surface area (Å²) in [6.07, 6.45) is 1.30. The predicted molar refractivity (Wildman–Crippen MR) is 62.0 cm³/mol. The van der Waals surface area contributed by atoms with Crippen molar-refractivity contribution in [3.8, 4) is 5.75 Å². The first-order valence-corrected chi connectivity index (χ1v) is 5.77. The molecule has 1 fully saturated rings. The van der Waals surface area contributed by atoms with Gasteiger partial charge in [0.1, 0.15) is 11.5 Å². The van der Waals surface area contributed by atoms with Gasteiger partial charge in [0.15, 0.2) is 0 Å². The third-order valence-corrected chi connectivity index (χ3v) is 3.32. The average molecular weight is 269 g/mol. The number of ketones is 1. The molecule has 1 aliphatic rings. The van der Waals surface area contributed by atoms with E-state index in [0.717, 1.165) is 10.2 Å². The monoisotopic (exact) mass is 268 g/mol. The fourth-order valence-corrected chi connectivity index (χ4v) is 2.22. The van der Waals surface area contributed by atoms with Crippen molar-refractivity contribution in [1.82, 2.24) is 0 Å². The molecule has 0 amide bonds. The molecule has 0 atom stereocenters. The zero-order chi connectivity index (χ0) is 10.9. The van der Waals surface area contributed by atoms with Crippen LogP contribution in [0.3, 0.4) is 0 Å². The van der Waals surface area contributed by atoms with Crippen molar-refractivity contribution in [3.05, 3.63) is 28.7 Å². The van der Waals surface area contributed by atoms with E-state index in [4.69, 9.17) is 4.74 Å². The van der Waals surface area contributed by atoms with E-state index in [9.17, 15) is 4.79 Å². The fourth-order valence-electron chi connectivity index (χ4n) is 1.82. The first-order chi connectivity index (χ1) is 7.09. The molecule has 2 rings (SSSR count). The highest BCUT2D eigenvalue weighted by Gasteiger charge is 2.39. The maximum Gasteiger partial charge on any atom is 0.134 e. The lowest BCUT2D eigenvalue weighted by atomic mass is 9.70. The van der Waals surface area contributed by atoms with E-state index in [2.05, 4.69) is 22.9 Å². The summed E-state index contributed by atoms with van der Waals surface area (Å²) in [5.74, 6) is 1.19. The van der Waals surface area contributed by atoms with E-state index in [-0.39, 0.29) is 5.41 Å². The van der Waals surface area contributed by atoms with Gasteiger partial charge in [0.25, 0.3) is 0 Å². The summed E-state index contributed by atoms with van der Waals surface area (Å²) < 4.78 is 6.65. The SMILES string of the molecule is CC1(COc2ccccc2Br)CC(=O)C1. The van der Waals surface area contributed by atoms with Gasteiger partial charge in [-0.3, -0.25) is 4.79 Å². The minimum Gasteiger partial charge on any atom is -0.492 e. The van der Waals surface area contributed by atoms with Crippen molar-refractivity contribution < 1.29 is 9.53 Å². The van der Waals surface area contributed by atoms with E-state index < -0.39 is 0 Å². The number of hydrogen-bond donors (Lipinski definition) is 0. The Hall–Kier alpha value is -0.830. The Balaban J connectivity index is 1.94. The number of carbonyl (C=O) groups excluding carboxylic acids is 1. The first kappa shape index (κ1) is 10.7. The molecule has 1 aliphatic carbocycles. The number of rotatable bonds is 3. The first-order valence-electron chi connectivity index (χ1n) is 4.98. The molecule has 80 valence electrons. The van der Waals surface area contributed by atoms with Crippen LogP contribution in [0.15, 0.2) is 28.7 Å². The topological polar surface area (TPSA) is 26.3 Å². The second kappa shape index (κ2) is 3.97. The summed E-state index contributed by atoms with van der Waals surface area (Å²) in [5.41, 5.74) is 0.0480. The Morgan fingerprint density at radius 1 is 1.40 bits per heavy atom. The number of carbonyl (C=O) groups is 1.